The Morgan fingerprint density at radius 3 is 2.87 bits per heavy atom. The van der Waals surface area contributed by atoms with Gasteiger partial charge in [0, 0.05) is 45.0 Å². The predicted octanol–water partition coefficient (Wildman–Crippen LogP) is 1.57. The number of benzene rings is 1. The number of fused-ring (bicyclic) bond motifs is 1. The zero-order valence-corrected chi connectivity index (χ0v) is 14.4. The van der Waals surface area contributed by atoms with Crippen molar-refractivity contribution in [2.24, 2.45) is 0 Å². The number of carbonyl (C=O) groups is 1. The summed E-state index contributed by atoms with van der Waals surface area (Å²) in [4.78, 5) is 19.6. The Bertz CT molecular complexity index is 563. The maximum Gasteiger partial charge on any atom is 0.253 e. The summed E-state index contributed by atoms with van der Waals surface area (Å²) in [6, 6.07) is 8.51. The molecule has 23 heavy (non-hydrogen) atoms. The maximum atomic E-state index is 13.1. The molecule has 5 nitrogen and oxygen atoms in total. The van der Waals surface area contributed by atoms with Crippen LogP contribution in [0.1, 0.15) is 19.4 Å². The van der Waals surface area contributed by atoms with Crippen molar-refractivity contribution in [3.63, 3.8) is 0 Å². The standard InChI is InChI=1S/C18H27N3O2/c1-4-20-9-10-23-17(13-20)18(22)21-12-15-7-5-6-8-16(15)19(3)11-14(21)2/h5-8,14,17H,4,9-13H2,1-3H3/t14-,17+/m0/s1. The van der Waals surface area contributed by atoms with E-state index in [0.29, 0.717) is 19.7 Å². The van der Waals surface area contributed by atoms with Gasteiger partial charge in [-0.15, -0.1) is 0 Å². The van der Waals surface area contributed by atoms with E-state index in [-0.39, 0.29) is 18.1 Å². The third-order valence-electron chi connectivity index (χ3n) is 4.97. The molecule has 0 saturated carbocycles. The van der Waals surface area contributed by atoms with Gasteiger partial charge in [0.2, 0.25) is 0 Å². The first-order chi connectivity index (χ1) is 11.1. The van der Waals surface area contributed by atoms with Crippen LogP contribution in [0, 0.1) is 0 Å². The molecule has 1 aromatic rings. The number of nitrogens with zero attached hydrogens (tertiary/aromatic N) is 3. The fourth-order valence-electron chi connectivity index (χ4n) is 3.57. The van der Waals surface area contributed by atoms with Crippen molar-refractivity contribution >= 4 is 11.6 Å². The van der Waals surface area contributed by atoms with Gasteiger partial charge in [-0.1, -0.05) is 25.1 Å². The lowest BCUT2D eigenvalue weighted by Gasteiger charge is -2.36. The van der Waals surface area contributed by atoms with E-state index in [1.807, 2.05) is 11.0 Å². The SMILES string of the molecule is CCN1CCO[C@@H](C(=O)N2Cc3ccccc3N(C)C[C@@H]2C)C1. The zero-order chi connectivity index (χ0) is 16.4. The summed E-state index contributed by atoms with van der Waals surface area (Å²) in [5, 5.41) is 0. The van der Waals surface area contributed by atoms with E-state index < -0.39 is 0 Å². The number of likely N-dealkylation sites (N-methyl/N-ethyl adjacent to an activating group) is 2. The molecular weight excluding hydrogens is 290 g/mol. The third-order valence-corrected chi connectivity index (χ3v) is 4.97. The van der Waals surface area contributed by atoms with Gasteiger partial charge in [-0.25, -0.2) is 0 Å². The Hall–Kier alpha value is -1.59. The Kier molecular flexibility index (Phi) is 4.87. The molecule has 1 aromatic carbocycles. The number of hydrogen-bond donors (Lipinski definition) is 0. The minimum Gasteiger partial charge on any atom is -0.372 e. The van der Waals surface area contributed by atoms with Crippen LogP contribution >= 0.6 is 0 Å². The minimum atomic E-state index is -0.332. The van der Waals surface area contributed by atoms with Crippen molar-refractivity contribution in [1.82, 2.24) is 9.80 Å². The maximum absolute atomic E-state index is 13.1. The van der Waals surface area contributed by atoms with Crippen LogP contribution in [-0.4, -0.2) is 67.7 Å². The summed E-state index contributed by atoms with van der Waals surface area (Å²) in [5.74, 6) is 0.126. The Morgan fingerprint density at radius 2 is 2.09 bits per heavy atom. The monoisotopic (exact) mass is 317 g/mol. The van der Waals surface area contributed by atoms with E-state index in [0.717, 1.165) is 19.6 Å². The van der Waals surface area contributed by atoms with Gasteiger partial charge in [0.25, 0.3) is 5.91 Å². The molecule has 5 heteroatoms. The molecule has 126 valence electrons. The summed E-state index contributed by atoms with van der Waals surface area (Å²) in [5.41, 5.74) is 2.42. The van der Waals surface area contributed by atoms with Crippen molar-refractivity contribution in [3.8, 4) is 0 Å². The fraction of sp³-hybridized carbons (Fsp3) is 0.611. The quantitative estimate of drug-likeness (QED) is 0.830. The molecule has 2 atom stereocenters. The van der Waals surface area contributed by atoms with Crippen molar-refractivity contribution < 1.29 is 9.53 Å². The average molecular weight is 317 g/mol. The van der Waals surface area contributed by atoms with Crippen molar-refractivity contribution in [3.05, 3.63) is 29.8 Å². The third kappa shape index (κ3) is 3.35. The van der Waals surface area contributed by atoms with Gasteiger partial charge in [0.1, 0.15) is 6.10 Å². The molecule has 1 amide bonds. The van der Waals surface area contributed by atoms with Gasteiger partial charge in [-0.05, 0) is 25.1 Å². The van der Waals surface area contributed by atoms with Crippen molar-refractivity contribution in [1.29, 1.82) is 0 Å². The van der Waals surface area contributed by atoms with Gasteiger partial charge < -0.3 is 14.5 Å². The number of anilines is 1. The van der Waals surface area contributed by atoms with Crippen LogP contribution < -0.4 is 4.90 Å². The molecule has 0 radical (unpaired) electrons. The molecule has 2 aliphatic heterocycles. The van der Waals surface area contributed by atoms with E-state index in [4.69, 9.17) is 4.74 Å². The molecule has 1 fully saturated rings. The van der Waals surface area contributed by atoms with Crippen LogP contribution in [0.5, 0.6) is 0 Å². The van der Waals surface area contributed by atoms with E-state index in [2.05, 4.69) is 48.9 Å². The number of carbonyl (C=O) groups excluding carboxylic acids is 1. The summed E-state index contributed by atoms with van der Waals surface area (Å²) in [6.07, 6.45) is -0.332. The van der Waals surface area contributed by atoms with Gasteiger partial charge in [-0.3, -0.25) is 9.69 Å². The normalized spacial score (nSPS) is 25.9. The van der Waals surface area contributed by atoms with Gasteiger partial charge in [0.15, 0.2) is 0 Å². The molecule has 2 heterocycles. The second-order valence-electron chi connectivity index (χ2n) is 6.58. The lowest BCUT2D eigenvalue weighted by atomic mass is 10.1. The van der Waals surface area contributed by atoms with E-state index in [9.17, 15) is 4.79 Å². The summed E-state index contributed by atoms with van der Waals surface area (Å²) in [7, 11) is 2.10. The highest BCUT2D eigenvalue weighted by Crippen LogP contribution is 2.26. The Balaban J connectivity index is 1.80. The molecule has 3 rings (SSSR count). The lowest BCUT2D eigenvalue weighted by Crippen LogP contribution is -2.53. The minimum absolute atomic E-state index is 0.126. The fourth-order valence-corrected chi connectivity index (χ4v) is 3.57. The lowest BCUT2D eigenvalue weighted by molar-refractivity contribution is -0.151. The van der Waals surface area contributed by atoms with Crippen LogP contribution in [0.4, 0.5) is 5.69 Å². The van der Waals surface area contributed by atoms with Crippen LogP contribution in [0.3, 0.4) is 0 Å². The number of rotatable bonds is 2. The highest BCUT2D eigenvalue weighted by atomic mass is 16.5. The predicted molar refractivity (Wildman–Crippen MR) is 91.6 cm³/mol. The first-order valence-corrected chi connectivity index (χ1v) is 8.53. The second-order valence-corrected chi connectivity index (χ2v) is 6.58. The molecule has 0 aliphatic carbocycles. The Morgan fingerprint density at radius 1 is 1.30 bits per heavy atom. The number of para-hydroxylation sites is 1. The number of hydrogen-bond acceptors (Lipinski definition) is 4. The van der Waals surface area contributed by atoms with Crippen LogP contribution in [0.25, 0.3) is 0 Å². The molecule has 0 spiro atoms. The molecule has 1 saturated heterocycles. The molecular formula is C18H27N3O2. The molecule has 0 aromatic heterocycles. The first kappa shape index (κ1) is 16.3. The van der Waals surface area contributed by atoms with Gasteiger partial charge in [-0.2, -0.15) is 0 Å². The summed E-state index contributed by atoms with van der Waals surface area (Å²) >= 11 is 0. The van der Waals surface area contributed by atoms with Gasteiger partial charge >= 0.3 is 0 Å². The molecule has 0 N–H and O–H groups in total. The smallest absolute Gasteiger partial charge is 0.253 e. The van der Waals surface area contributed by atoms with Gasteiger partial charge in [0.05, 0.1) is 6.61 Å². The first-order valence-electron chi connectivity index (χ1n) is 8.53. The van der Waals surface area contributed by atoms with Crippen LogP contribution in [-0.2, 0) is 16.1 Å². The van der Waals surface area contributed by atoms with E-state index in [1.165, 1.54) is 11.3 Å². The van der Waals surface area contributed by atoms with E-state index >= 15 is 0 Å². The highest BCUT2D eigenvalue weighted by Gasteiger charge is 2.34. The van der Waals surface area contributed by atoms with Crippen molar-refractivity contribution in [2.75, 3.05) is 44.7 Å². The molecule has 0 unspecified atom stereocenters. The number of ether oxygens (including phenoxy) is 1. The van der Waals surface area contributed by atoms with Crippen molar-refractivity contribution in [2.45, 2.75) is 32.5 Å². The summed E-state index contributed by atoms with van der Waals surface area (Å²) < 4.78 is 5.78. The Labute approximate surface area is 138 Å². The largest absolute Gasteiger partial charge is 0.372 e. The molecule has 2 aliphatic rings. The summed E-state index contributed by atoms with van der Waals surface area (Å²) in [6.45, 7) is 8.99. The second kappa shape index (κ2) is 6.89. The number of morpholine rings is 1. The average Bonchev–Trinajstić information content (AvgIpc) is 2.71. The van der Waals surface area contributed by atoms with E-state index in [1.54, 1.807) is 0 Å². The highest BCUT2D eigenvalue weighted by molar-refractivity contribution is 5.82. The van der Waals surface area contributed by atoms with Crippen LogP contribution in [0.15, 0.2) is 24.3 Å². The van der Waals surface area contributed by atoms with Crippen LogP contribution in [0.2, 0.25) is 0 Å². The zero-order valence-electron chi connectivity index (χ0n) is 14.4. The molecule has 0 bridgehead atoms. The topological polar surface area (TPSA) is 36.0 Å². The number of amides is 1.